The molecule has 2 aliphatic heterocycles. The predicted octanol–water partition coefficient (Wildman–Crippen LogP) is 1.73. The van der Waals surface area contributed by atoms with Crippen LogP contribution in [0.4, 0.5) is 5.69 Å². The second kappa shape index (κ2) is 7.21. The molecule has 3 rings (SSSR count). The molecule has 1 N–H and O–H groups in total. The van der Waals surface area contributed by atoms with Gasteiger partial charge < -0.3 is 19.9 Å². The number of nitrogens with zero attached hydrogens (tertiary/aromatic N) is 2. The van der Waals surface area contributed by atoms with E-state index >= 15 is 0 Å². The van der Waals surface area contributed by atoms with Crippen molar-refractivity contribution in [2.75, 3.05) is 44.7 Å². The zero-order chi connectivity index (χ0) is 16.2. The molecule has 1 aromatic carbocycles. The van der Waals surface area contributed by atoms with Crippen LogP contribution in [0.1, 0.15) is 19.8 Å². The molecule has 5 nitrogen and oxygen atoms in total. The normalized spacial score (nSPS) is 25.3. The molecule has 1 amide bonds. The van der Waals surface area contributed by atoms with Crippen LogP contribution >= 0.6 is 0 Å². The molecule has 1 aromatic rings. The number of ether oxygens (including phenoxy) is 1. The van der Waals surface area contributed by atoms with Crippen molar-refractivity contribution in [3.63, 3.8) is 0 Å². The lowest BCUT2D eigenvalue weighted by Crippen LogP contribution is -2.54. The highest BCUT2D eigenvalue weighted by Gasteiger charge is 2.32. The number of carbonyl (C=O) groups excluding carboxylic acids is 1. The fourth-order valence-electron chi connectivity index (χ4n) is 3.67. The third-order valence-electron chi connectivity index (χ3n) is 5.10. The highest BCUT2D eigenvalue weighted by Crippen LogP contribution is 2.29. The van der Waals surface area contributed by atoms with Gasteiger partial charge in [-0.1, -0.05) is 12.1 Å². The number of hydrogen-bond acceptors (Lipinski definition) is 4. The second-order valence-electron chi connectivity index (χ2n) is 6.48. The van der Waals surface area contributed by atoms with E-state index in [0.717, 1.165) is 57.0 Å². The minimum Gasteiger partial charge on any atom is -0.495 e. The maximum absolute atomic E-state index is 12.8. The number of rotatable bonds is 3. The summed E-state index contributed by atoms with van der Waals surface area (Å²) in [4.78, 5) is 17.1. The van der Waals surface area contributed by atoms with Crippen LogP contribution in [0.15, 0.2) is 24.3 Å². The summed E-state index contributed by atoms with van der Waals surface area (Å²) in [6.45, 7) is 6.47. The van der Waals surface area contributed by atoms with Crippen LogP contribution < -0.4 is 15.0 Å². The predicted molar refractivity (Wildman–Crippen MR) is 92.0 cm³/mol. The van der Waals surface area contributed by atoms with Crippen molar-refractivity contribution >= 4 is 11.6 Å². The van der Waals surface area contributed by atoms with Crippen molar-refractivity contribution in [1.29, 1.82) is 0 Å². The van der Waals surface area contributed by atoms with Crippen molar-refractivity contribution in [3.8, 4) is 5.75 Å². The van der Waals surface area contributed by atoms with E-state index in [0.29, 0.717) is 11.9 Å². The van der Waals surface area contributed by atoms with Gasteiger partial charge in [-0.2, -0.15) is 0 Å². The molecule has 2 aliphatic rings. The molecule has 126 valence electrons. The number of nitrogens with one attached hydrogen (secondary N) is 1. The molecule has 0 saturated carbocycles. The molecule has 5 heteroatoms. The van der Waals surface area contributed by atoms with Crippen LogP contribution in [0.3, 0.4) is 0 Å². The molecule has 0 aliphatic carbocycles. The summed E-state index contributed by atoms with van der Waals surface area (Å²) < 4.78 is 5.45. The maximum atomic E-state index is 12.8. The molecule has 0 radical (unpaired) electrons. The summed E-state index contributed by atoms with van der Waals surface area (Å²) in [6.07, 6.45) is 2.11. The highest BCUT2D eigenvalue weighted by atomic mass is 16.5. The van der Waals surface area contributed by atoms with Gasteiger partial charge in [0.2, 0.25) is 5.91 Å². The van der Waals surface area contributed by atoms with Crippen LogP contribution in [-0.4, -0.2) is 56.7 Å². The largest absolute Gasteiger partial charge is 0.495 e. The molecule has 23 heavy (non-hydrogen) atoms. The van der Waals surface area contributed by atoms with Gasteiger partial charge in [-0.3, -0.25) is 4.79 Å². The molecule has 2 fully saturated rings. The van der Waals surface area contributed by atoms with Crippen molar-refractivity contribution in [3.05, 3.63) is 24.3 Å². The van der Waals surface area contributed by atoms with Crippen molar-refractivity contribution in [1.82, 2.24) is 10.2 Å². The summed E-state index contributed by atoms with van der Waals surface area (Å²) in [7, 11) is 1.70. The number of amides is 1. The van der Waals surface area contributed by atoms with Crippen molar-refractivity contribution in [2.24, 2.45) is 5.92 Å². The number of para-hydroxylation sites is 2. The average Bonchev–Trinajstić information content (AvgIpc) is 2.61. The van der Waals surface area contributed by atoms with Crippen molar-refractivity contribution < 1.29 is 9.53 Å². The maximum Gasteiger partial charge on any atom is 0.227 e. The average molecular weight is 317 g/mol. The SMILES string of the molecule is COc1ccccc1N1CCN(C(=O)C2CCCNC2C)CC1. The Balaban J connectivity index is 1.61. The summed E-state index contributed by atoms with van der Waals surface area (Å²) in [5.74, 6) is 1.36. The Morgan fingerprint density at radius 1 is 1.22 bits per heavy atom. The molecular formula is C18H27N3O2. The van der Waals surface area contributed by atoms with Gasteiger partial charge >= 0.3 is 0 Å². The van der Waals surface area contributed by atoms with Crippen LogP contribution in [-0.2, 0) is 4.79 Å². The van der Waals surface area contributed by atoms with E-state index in [4.69, 9.17) is 4.74 Å². The van der Waals surface area contributed by atoms with E-state index in [-0.39, 0.29) is 5.92 Å². The minimum absolute atomic E-state index is 0.140. The first-order chi connectivity index (χ1) is 11.2. The van der Waals surface area contributed by atoms with E-state index in [2.05, 4.69) is 23.2 Å². The fourth-order valence-corrected chi connectivity index (χ4v) is 3.67. The number of piperidine rings is 1. The number of benzene rings is 1. The third-order valence-corrected chi connectivity index (χ3v) is 5.10. The quantitative estimate of drug-likeness (QED) is 0.922. The monoisotopic (exact) mass is 317 g/mol. The van der Waals surface area contributed by atoms with Crippen LogP contribution in [0.5, 0.6) is 5.75 Å². The van der Waals surface area contributed by atoms with Gasteiger partial charge in [-0.05, 0) is 38.4 Å². The summed E-state index contributed by atoms with van der Waals surface area (Å²) in [5.41, 5.74) is 1.12. The van der Waals surface area contributed by atoms with Crippen molar-refractivity contribution in [2.45, 2.75) is 25.8 Å². The molecule has 0 aromatic heterocycles. The zero-order valence-corrected chi connectivity index (χ0v) is 14.1. The van der Waals surface area contributed by atoms with Crippen LogP contribution in [0, 0.1) is 5.92 Å². The van der Waals surface area contributed by atoms with Gasteiger partial charge in [-0.15, -0.1) is 0 Å². The lowest BCUT2D eigenvalue weighted by Gasteiger charge is -2.39. The lowest BCUT2D eigenvalue weighted by atomic mass is 9.90. The Kier molecular flexibility index (Phi) is 5.06. The topological polar surface area (TPSA) is 44.8 Å². The summed E-state index contributed by atoms with van der Waals surface area (Å²) in [5, 5.41) is 3.43. The van der Waals surface area contributed by atoms with E-state index in [1.165, 1.54) is 0 Å². The molecule has 0 spiro atoms. The first-order valence-corrected chi connectivity index (χ1v) is 8.61. The molecular weight excluding hydrogens is 290 g/mol. The number of carbonyl (C=O) groups is 1. The van der Waals surface area contributed by atoms with E-state index < -0.39 is 0 Å². The first-order valence-electron chi connectivity index (χ1n) is 8.61. The Hall–Kier alpha value is -1.75. The Bertz CT molecular complexity index is 541. The van der Waals surface area contributed by atoms with Crippen LogP contribution in [0.25, 0.3) is 0 Å². The number of piperazine rings is 1. The molecule has 2 saturated heterocycles. The first kappa shape index (κ1) is 16.1. The van der Waals surface area contributed by atoms with E-state index in [9.17, 15) is 4.79 Å². The zero-order valence-electron chi connectivity index (χ0n) is 14.1. The molecule has 2 unspecified atom stereocenters. The summed E-state index contributed by atoms with van der Waals surface area (Å²) >= 11 is 0. The fraction of sp³-hybridized carbons (Fsp3) is 0.611. The molecule has 2 atom stereocenters. The number of hydrogen-bond donors (Lipinski definition) is 1. The smallest absolute Gasteiger partial charge is 0.227 e. The second-order valence-corrected chi connectivity index (χ2v) is 6.48. The molecule has 0 bridgehead atoms. The Labute approximate surface area is 138 Å². The third kappa shape index (κ3) is 3.44. The van der Waals surface area contributed by atoms with Gasteiger partial charge in [0.25, 0.3) is 0 Å². The van der Waals surface area contributed by atoms with Gasteiger partial charge in [0, 0.05) is 32.2 Å². The lowest BCUT2D eigenvalue weighted by molar-refractivity contribution is -0.137. The number of anilines is 1. The van der Waals surface area contributed by atoms with Gasteiger partial charge in [0.05, 0.1) is 18.7 Å². The number of methoxy groups -OCH3 is 1. The van der Waals surface area contributed by atoms with E-state index in [1.54, 1.807) is 7.11 Å². The van der Waals surface area contributed by atoms with Gasteiger partial charge in [0.1, 0.15) is 5.75 Å². The standard InChI is InChI=1S/C18H27N3O2/c1-14-15(6-5-9-19-14)18(22)21-12-10-20(11-13-21)16-7-3-4-8-17(16)23-2/h3-4,7-8,14-15,19H,5-6,9-13H2,1-2H3. The molecule has 2 heterocycles. The highest BCUT2D eigenvalue weighted by molar-refractivity contribution is 5.80. The van der Waals surface area contributed by atoms with Gasteiger partial charge in [0.15, 0.2) is 0 Å². The summed E-state index contributed by atoms with van der Waals surface area (Å²) in [6, 6.07) is 8.39. The van der Waals surface area contributed by atoms with Crippen LogP contribution in [0.2, 0.25) is 0 Å². The van der Waals surface area contributed by atoms with Gasteiger partial charge in [-0.25, -0.2) is 0 Å². The van der Waals surface area contributed by atoms with E-state index in [1.807, 2.05) is 23.1 Å². The Morgan fingerprint density at radius 3 is 2.65 bits per heavy atom. The minimum atomic E-state index is 0.140. The Morgan fingerprint density at radius 2 is 1.96 bits per heavy atom.